The van der Waals surface area contributed by atoms with Gasteiger partial charge in [-0.2, -0.15) is 0 Å². The van der Waals surface area contributed by atoms with Gasteiger partial charge in [0.05, 0.1) is 13.2 Å². The average molecular weight is 313 g/mol. The monoisotopic (exact) mass is 313 g/mol. The zero-order valence-electron chi connectivity index (χ0n) is 13.0. The lowest BCUT2D eigenvalue weighted by Gasteiger charge is -2.30. The van der Waals surface area contributed by atoms with Crippen LogP contribution in [0.15, 0.2) is 24.3 Å². The second-order valence-electron chi connectivity index (χ2n) is 6.27. The molecule has 4 rings (SSSR count). The highest BCUT2D eigenvalue weighted by Crippen LogP contribution is 2.41. The molecule has 0 unspecified atom stereocenters. The molecule has 2 heterocycles. The van der Waals surface area contributed by atoms with Crippen LogP contribution >= 0.6 is 0 Å². The molecule has 0 atom stereocenters. The molecule has 2 aromatic rings. The molecule has 2 aliphatic rings. The average Bonchev–Trinajstić information content (AvgIpc) is 3.13. The van der Waals surface area contributed by atoms with Crippen molar-refractivity contribution in [2.75, 3.05) is 13.2 Å². The van der Waals surface area contributed by atoms with Gasteiger partial charge in [-0.1, -0.05) is 17.7 Å². The van der Waals surface area contributed by atoms with E-state index in [1.807, 2.05) is 25.1 Å². The predicted octanol–water partition coefficient (Wildman–Crippen LogP) is 3.48. The highest BCUT2D eigenvalue weighted by molar-refractivity contribution is 6.04. The summed E-state index contributed by atoms with van der Waals surface area (Å²) in [5, 5.41) is 10.5. The first-order chi connectivity index (χ1) is 11.1. The molecule has 1 aromatic carbocycles. The maximum atomic E-state index is 11.7. The van der Waals surface area contributed by atoms with E-state index in [1.165, 1.54) is 0 Å². The molecule has 0 radical (unpaired) electrons. The standard InChI is InChI=1S/C18H19NO4/c1-11-2-3-14-13(10-11)15(16(19-14)17(20)21)12-4-6-18(7-5-12)22-8-9-23-18/h2-4,10,19H,5-9H2,1H3,(H,20,21). The van der Waals surface area contributed by atoms with E-state index in [2.05, 4.69) is 11.1 Å². The van der Waals surface area contributed by atoms with Crippen LogP contribution in [0.4, 0.5) is 0 Å². The fourth-order valence-electron chi connectivity index (χ4n) is 3.59. The summed E-state index contributed by atoms with van der Waals surface area (Å²) < 4.78 is 11.5. The van der Waals surface area contributed by atoms with Gasteiger partial charge in [0.2, 0.25) is 0 Å². The van der Waals surface area contributed by atoms with Crippen LogP contribution in [-0.2, 0) is 9.47 Å². The maximum absolute atomic E-state index is 11.7. The number of aryl methyl sites for hydroxylation is 1. The normalized spacial score (nSPS) is 20.1. The number of aromatic nitrogens is 1. The third-order valence-electron chi connectivity index (χ3n) is 4.74. The van der Waals surface area contributed by atoms with Gasteiger partial charge < -0.3 is 19.6 Å². The number of fused-ring (bicyclic) bond motifs is 1. The molecular formula is C18H19NO4. The third kappa shape index (κ3) is 2.36. The smallest absolute Gasteiger partial charge is 0.352 e. The molecule has 5 heteroatoms. The molecule has 0 saturated carbocycles. The number of benzene rings is 1. The minimum Gasteiger partial charge on any atom is -0.477 e. The number of rotatable bonds is 2. The van der Waals surface area contributed by atoms with Crippen molar-refractivity contribution in [2.24, 2.45) is 0 Å². The van der Waals surface area contributed by atoms with Crippen molar-refractivity contribution < 1.29 is 19.4 Å². The molecule has 1 fully saturated rings. The van der Waals surface area contributed by atoms with Crippen LogP contribution < -0.4 is 0 Å². The first-order valence-corrected chi connectivity index (χ1v) is 7.91. The Kier molecular flexibility index (Phi) is 3.28. The van der Waals surface area contributed by atoms with Crippen LogP contribution in [0.2, 0.25) is 0 Å². The van der Waals surface area contributed by atoms with Gasteiger partial charge in [-0.3, -0.25) is 0 Å². The van der Waals surface area contributed by atoms with Gasteiger partial charge >= 0.3 is 5.97 Å². The van der Waals surface area contributed by atoms with Crippen molar-refractivity contribution in [3.8, 4) is 0 Å². The Labute approximate surface area is 133 Å². The van der Waals surface area contributed by atoms with E-state index < -0.39 is 11.8 Å². The molecule has 2 N–H and O–H groups in total. The van der Waals surface area contributed by atoms with E-state index in [9.17, 15) is 9.90 Å². The largest absolute Gasteiger partial charge is 0.477 e. The maximum Gasteiger partial charge on any atom is 0.352 e. The highest BCUT2D eigenvalue weighted by Gasteiger charge is 2.38. The summed E-state index contributed by atoms with van der Waals surface area (Å²) in [6.45, 7) is 3.28. The van der Waals surface area contributed by atoms with E-state index >= 15 is 0 Å². The van der Waals surface area contributed by atoms with Gasteiger partial charge in [0, 0.05) is 29.3 Å². The fourth-order valence-corrected chi connectivity index (χ4v) is 3.59. The third-order valence-corrected chi connectivity index (χ3v) is 4.74. The molecule has 0 amide bonds. The number of carboxylic acid groups (broad SMARTS) is 1. The molecule has 23 heavy (non-hydrogen) atoms. The Hall–Kier alpha value is -2.11. The Morgan fingerprint density at radius 2 is 2.09 bits per heavy atom. The zero-order valence-corrected chi connectivity index (χ0v) is 13.0. The fraction of sp³-hybridized carbons (Fsp3) is 0.389. The summed E-state index contributed by atoms with van der Waals surface area (Å²) in [4.78, 5) is 14.7. The summed E-state index contributed by atoms with van der Waals surface area (Å²) >= 11 is 0. The van der Waals surface area contributed by atoms with Crippen molar-refractivity contribution in [2.45, 2.75) is 32.0 Å². The number of H-pyrrole nitrogens is 1. The lowest BCUT2D eigenvalue weighted by atomic mass is 9.88. The Bertz CT molecular complexity index is 812. The van der Waals surface area contributed by atoms with E-state index in [0.29, 0.717) is 19.6 Å². The number of hydrogen-bond donors (Lipinski definition) is 2. The van der Waals surface area contributed by atoms with Gasteiger partial charge in [-0.05, 0) is 31.1 Å². The lowest BCUT2D eigenvalue weighted by Crippen LogP contribution is -2.31. The van der Waals surface area contributed by atoms with Gasteiger partial charge in [0.25, 0.3) is 0 Å². The number of carbonyl (C=O) groups is 1. The molecule has 1 aliphatic heterocycles. The summed E-state index contributed by atoms with van der Waals surface area (Å²) in [5.74, 6) is -1.42. The number of hydrogen-bond acceptors (Lipinski definition) is 3. The van der Waals surface area contributed by atoms with Crippen molar-refractivity contribution in [1.82, 2.24) is 4.98 Å². The molecule has 5 nitrogen and oxygen atoms in total. The molecule has 1 aliphatic carbocycles. The van der Waals surface area contributed by atoms with Crippen molar-refractivity contribution in [3.05, 3.63) is 41.1 Å². The van der Waals surface area contributed by atoms with E-state index in [-0.39, 0.29) is 5.69 Å². The van der Waals surface area contributed by atoms with E-state index in [0.717, 1.165) is 40.4 Å². The predicted molar refractivity (Wildman–Crippen MR) is 86.5 cm³/mol. The van der Waals surface area contributed by atoms with Crippen LogP contribution in [0, 0.1) is 6.92 Å². The second kappa shape index (κ2) is 5.22. The number of carboxylic acids is 1. The van der Waals surface area contributed by atoms with Crippen LogP contribution in [0.1, 0.15) is 40.9 Å². The minimum atomic E-state index is -0.927. The quantitative estimate of drug-likeness (QED) is 0.890. The Balaban J connectivity index is 1.81. The first kappa shape index (κ1) is 14.5. The van der Waals surface area contributed by atoms with Gasteiger partial charge in [-0.25, -0.2) is 4.79 Å². The summed E-state index contributed by atoms with van der Waals surface area (Å²) in [5.41, 5.74) is 4.11. The van der Waals surface area contributed by atoms with Crippen LogP contribution in [0.3, 0.4) is 0 Å². The number of allylic oxidation sites excluding steroid dienone is 1. The van der Waals surface area contributed by atoms with Gasteiger partial charge in [-0.15, -0.1) is 0 Å². The molecular weight excluding hydrogens is 294 g/mol. The number of nitrogens with one attached hydrogen (secondary N) is 1. The summed E-state index contributed by atoms with van der Waals surface area (Å²) in [6, 6.07) is 5.97. The zero-order chi connectivity index (χ0) is 16.0. The van der Waals surface area contributed by atoms with Crippen molar-refractivity contribution >= 4 is 22.4 Å². The number of aromatic carboxylic acids is 1. The SMILES string of the molecule is Cc1ccc2[nH]c(C(=O)O)c(C3=CCC4(CC3)OCCO4)c2c1. The van der Waals surface area contributed by atoms with E-state index in [4.69, 9.17) is 9.47 Å². The molecule has 1 spiro atoms. The van der Waals surface area contributed by atoms with Gasteiger partial charge in [0.15, 0.2) is 5.79 Å². The lowest BCUT2D eigenvalue weighted by molar-refractivity contribution is -0.159. The molecule has 0 bridgehead atoms. The van der Waals surface area contributed by atoms with Crippen LogP contribution in [0.25, 0.3) is 16.5 Å². The Morgan fingerprint density at radius 3 is 2.74 bits per heavy atom. The highest BCUT2D eigenvalue weighted by atomic mass is 16.7. The molecule has 1 aromatic heterocycles. The molecule has 1 saturated heterocycles. The summed E-state index contributed by atoms with van der Waals surface area (Å²) in [6.07, 6.45) is 4.25. The number of ether oxygens (including phenoxy) is 2. The van der Waals surface area contributed by atoms with Crippen LogP contribution in [0.5, 0.6) is 0 Å². The Morgan fingerprint density at radius 1 is 1.30 bits per heavy atom. The van der Waals surface area contributed by atoms with E-state index in [1.54, 1.807) is 0 Å². The minimum absolute atomic E-state index is 0.265. The molecule has 120 valence electrons. The summed E-state index contributed by atoms with van der Waals surface area (Å²) in [7, 11) is 0. The van der Waals surface area contributed by atoms with Crippen molar-refractivity contribution in [3.63, 3.8) is 0 Å². The van der Waals surface area contributed by atoms with Gasteiger partial charge in [0.1, 0.15) is 5.69 Å². The second-order valence-corrected chi connectivity index (χ2v) is 6.27. The topological polar surface area (TPSA) is 71.6 Å². The van der Waals surface area contributed by atoms with Crippen LogP contribution in [-0.4, -0.2) is 35.1 Å². The number of aromatic amines is 1. The first-order valence-electron chi connectivity index (χ1n) is 7.91. The van der Waals surface area contributed by atoms with Crippen molar-refractivity contribution in [1.29, 1.82) is 0 Å².